The predicted octanol–water partition coefficient (Wildman–Crippen LogP) is 6.25. The Morgan fingerprint density at radius 2 is 1.60 bits per heavy atom. The first kappa shape index (κ1) is 38.6. The lowest BCUT2D eigenvalue weighted by Gasteiger charge is -2.43. The molecule has 288 valence electrons. The fourth-order valence-electron chi connectivity index (χ4n) is 7.88. The number of amides is 1. The van der Waals surface area contributed by atoms with Gasteiger partial charge in [-0.25, -0.2) is 18.0 Å². The van der Waals surface area contributed by atoms with Gasteiger partial charge in [0.25, 0.3) is 5.92 Å². The summed E-state index contributed by atoms with van der Waals surface area (Å²) in [6, 6.07) is 11.7. The van der Waals surface area contributed by atoms with Crippen molar-refractivity contribution in [2.45, 2.75) is 69.0 Å². The molecular formula is C38H43F6N3O6. The van der Waals surface area contributed by atoms with Crippen molar-refractivity contribution in [3.8, 4) is 22.6 Å². The summed E-state index contributed by atoms with van der Waals surface area (Å²) in [7, 11) is 3.00. The molecule has 3 aliphatic heterocycles. The molecule has 9 nitrogen and oxygen atoms in total. The van der Waals surface area contributed by atoms with Gasteiger partial charge in [0.1, 0.15) is 29.1 Å². The molecule has 0 spiro atoms. The molecule has 15 heteroatoms. The van der Waals surface area contributed by atoms with E-state index >= 15 is 0 Å². The Morgan fingerprint density at radius 3 is 2.21 bits per heavy atom. The number of halogens is 6. The second-order valence-electron chi connectivity index (χ2n) is 14.1. The third kappa shape index (κ3) is 7.79. The summed E-state index contributed by atoms with van der Waals surface area (Å²) >= 11 is 0. The largest absolute Gasteiger partial charge is 0.496 e. The highest BCUT2D eigenvalue weighted by molar-refractivity contribution is 6.01. The molecule has 6 rings (SSSR count). The molecule has 3 aromatic carbocycles. The summed E-state index contributed by atoms with van der Waals surface area (Å²) in [6.07, 6.45) is -8.43. The van der Waals surface area contributed by atoms with Gasteiger partial charge in [0, 0.05) is 57.5 Å². The van der Waals surface area contributed by atoms with Crippen LogP contribution in [0, 0.1) is 5.41 Å². The average molecular weight is 752 g/mol. The van der Waals surface area contributed by atoms with Crippen LogP contribution in [0.3, 0.4) is 0 Å². The highest BCUT2D eigenvalue weighted by atomic mass is 19.4. The van der Waals surface area contributed by atoms with Crippen LogP contribution < -0.4 is 14.8 Å². The number of carbonyl (C=O) groups excluding carboxylic acids is 1. The van der Waals surface area contributed by atoms with Gasteiger partial charge in [0.2, 0.25) is 5.91 Å². The SMILES string of the molecule is COc1ccc(CN2CCC(F)(F)CC2)c(OC)c1-c1cccc2c(C[C@H](NC(=O)C3(C(F)(F)F)CCN([C@@H]4COC[C@@H]4F)CC3)C(=O)O)cccc12. The Kier molecular flexibility index (Phi) is 11.2. The molecule has 0 saturated carbocycles. The van der Waals surface area contributed by atoms with Crippen molar-refractivity contribution in [3.05, 3.63) is 59.7 Å². The lowest BCUT2D eigenvalue weighted by molar-refractivity contribution is -0.234. The number of carboxylic acid groups (broad SMARTS) is 1. The molecular weight excluding hydrogens is 708 g/mol. The van der Waals surface area contributed by atoms with Gasteiger partial charge < -0.3 is 24.6 Å². The van der Waals surface area contributed by atoms with Crippen LogP contribution in [0.25, 0.3) is 21.9 Å². The molecule has 0 unspecified atom stereocenters. The number of rotatable bonds is 11. The molecule has 3 fully saturated rings. The number of methoxy groups -OCH3 is 2. The Balaban J connectivity index is 1.28. The maximum Gasteiger partial charge on any atom is 0.403 e. The van der Waals surface area contributed by atoms with Crippen LogP contribution in [0.15, 0.2) is 48.5 Å². The van der Waals surface area contributed by atoms with Crippen LogP contribution in [-0.4, -0.2) is 111 Å². The van der Waals surface area contributed by atoms with E-state index < -0.39 is 60.5 Å². The lowest BCUT2D eigenvalue weighted by Crippen LogP contribution is -2.60. The summed E-state index contributed by atoms with van der Waals surface area (Å²) in [5.41, 5.74) is -0.386. The van der Waals surface area contributed by atoms with Gasteiger partial charge in [0.05, 0.1) is 39.0 Å². The van der Waals surface area contributed by atoms with Crippen molar-refractivity contribution in [3.63, 3.8) is 0 Å². The van der Waals surface area contributed by atoms with E-state index in [1.54, 1.807) is 35.2 Å². The smallest absolute Gasteiger partial charge is 0.403 e. The van der Waals surface area contributed by atoms with Crippen molar-refractivity contribution >= 4 is 22.6 Å². The van der Waals surface area contributed by atoms with Crippen LogP contribution in [0.1, 0.15) is 36.8 Å². The molecule has 53 heavy (non-hydrogen) atoms. The number of piperidine rings is 2. The van der Waals surface area contributed by atoms with Gasteiger partial charge >= 0.3 is 12.1 Å². The third-order valence-corrected chi connectivity index (χ3v) is 11.0. The number of alkyl halides is 6. The topological polar surface area (TPSA) is 101 Å². The minimum absolute atomic E-state index is 0.0492. The van der Waals surface area contributed by atoms with Gasteiger partial charge in [0.15, 0.2) is 0 Å². The van der Waals surface area contributed by atoms with E-state index in [1.807, 2.05) is 23.1 Å². The van der Waals surface area contributed by atoms with E-state index in [9.17, 15) is 41.0 Å². The van der Waals surface area contributed by atoms with Crippen LogP contribution in [0.2, 0.25) is 0 Å². The zero-order chi connectivity index (χ0) is 38.1. The highest BCUT2D eigenvalue weighted by Gasteiger charge is 2.61. The molecule has 3 heterocycles. The minimum Gasteiger partial charge on any atom is -0.496 e. The Morgan fingerprint density at radius 1 is 0.925 bits per heavy atom. The first-order valence-electron chi connectivity index (χ1n) is 17.6. The minimum atomic E-state index is -4.98. The molecule has 3 aliphatic rings. The van der Waals surface area contributed by atoms with Crippen LogP contribution in [0.4, 0.5) is 26.3 Å². The van der Waals surface area contributed by atoms with E-state index in [0.29, 0.717) is 45.5 Å². The fourth-order valence-corrected chi connectivity index (χ4v) is 7.88. The zero-order valence-corrected chi connectivity index (χ0v) is 29.5. The predicted molar refractivity (Wildman–Crippen MR) is 184 cm³/mol. The van der Waals surface area contributed by atoms with Crippen molar-refractivity contribution in [2.24, 2.45) is 5.41 Å². The number of aliphatic carboxylic acids is 1. The van der Waals surface area contributed by atoms with Crippen LogP contribution >= 0.6 is 0 Å². The maximum atomic E-state index is 14.7. The number of ether oxygens (including phenoxy) is 3. The molecule has 2 N–H and O–H groups in total. The van der Waals surface area contributed by atoms with Gasteiger partial charge in [-0.15, -0.1) is 0 Å². The number of fused-ring (bicyclic) bond motifs is 1. The number of hydrogen-bond donors (Lipinski definition) is 2. The number of likely N-dealkylation sites (tertiary alicyclic amines) is 2. The van der Waals surface area contributed by atoms with E-state index in [4.69, 9.17) is 14.2 Å². The highest BCUT2D eigenvalue weighted by Crippen LogP contribution is 2.48. The second kappa shape index (κ2) is 15.3. The molecule has 3 aromatic rings. The van der Waals surface area contributed by atoms with Crippen LogP contribution in [-0.2, 0) is 27.3 Å². The lowest BCUT2D eigenvalue weighted by atomic mass is 9.76. The first-order chi connectivity index (χ1) is 25.2. The summed E-state index contributed by atoms with van der Waals surface area (Å²) in [5, 5.41) is 13.6. The van der Waals surface area contributed by atoms with Crippen molar-refractivity contribution in [2.75, 3.05) is 53.6 Å². The molecule has 0 aliphatic carbocycles. The summed E-state index contributed by atoms with van der Waals surface area (Å²) in [5.74, 6) is -4.69. The Labute approximate surface area is 303 Å². The first-order valence-corrected chi connectivity index (χ1v) is 17.6. The van der Waals surface area contributed by atoms with Crippen molar-refractivity contribution < 1.29 is 55.2 Å². The normalized spacial score (nSPS) is 22.7. The quantitative estimate of drug-likeness (QED) is 0.222. The Hall–Kier alpha value is -4.08. The number of carbonyl (C=O) groups is 2. The monoisotopic (exact) mass is 751 g/mol. The van der Waals surface area contributed by atoms with E-state index in [-0.39, 0.29) is 58.7 Å². The molecule has 3 atom stereocenters. The average Bonchev–Trinajstić information content (AvgIpc) is 3.56. The van der Waals surface area contributed by atoms with Gasteiger partial charge in [-0.1, -0.05) is 42.5 Å². The fraction of sp³-hybridized carbons (Fsp3) is 0.526. The summed E-state index contributed by atoms with van der Waals surface area (Å²) in [4.78, 5) is 29.6. The van der Waals surface area contributed by atoms with Gasteiger partial charge in [-0.05, 0) is 40.8 Å². The molecule has 0 radical (unpaired) electrons. The van der Waals surface area contributed by atoms with Gasteiger partial charge in [-0.3, -0.25) is 14.6 Å². The van der Waals surface area contributed by atoms with Gasteiger partial charge in [-0.2, -0.15) is 13.2 Å². The standard InChI is InChI=1S/C38H43F6N3O6/c1-51-31-10-9-24(20-46-15-13-37(40,41)14-16-46)33(52-2)32(31)27-8-4-6-25-23(5-3-7-26(25)27)19-29(34(48)49)45-35(50)36(38(42,43)44)11-17-47(18-12-36)30-22-53-21-28(30)39/h3-10,28-30H,11-22H2,1-2H3,(H,45,50)(H,48,49)/t28-,29-,30+/m0/s1. The summed E-state index contributed by atoms with van der Waals surface area (Å²) in [6.45, 7) is 0.298. The zero-order valence-electron chi connectivity index (χ0n) is 29.5. The summed E-state index contributed by atoms with van der Waals surface area (Å²) < 4.78 is 103. The number of benzene rings is 3. The molecule has 0 aromatic heterocycles. The number of hydrogen-bond acceptors (Lipinski definition) is 7. The van der Waals surface area contributed by atoms with E-state index in [2.05, 4.69) is 5.32 Å². The van der Waals surface area contributed by atoms with E-state index in [1.165, 1.54) is 14.2 Å². The molecule has 0 bridgehead atoms. The number of nitrogens with one attached hydrogen (secondary N) is 1. The maximum absolute atomic E-state index is 14.7. The van der Waals surface area contributed by atoms with Crippen LogP contribution in [0.5, 0.6) is 11.5 Å². The molecule has 3 saturated heterocycles. The van der Waals surface area contributed by atoms with E-state index in [0.717, 1.165) is 5.56 Å². The molecule has 1 amide bonds. The van der Waals surface area contributed by atoms with Crippen molar-refractivity contribution in [1.29, 1.82) is 0 Å². The van der Waals surface area contributed by atoms with Crippen molar-refractivity contribution in [1.82, 2.24) is 15.1 Å². The third-order valence-electron chi connectivity index (χ3n) is 11.0. The number of nitrogens with zero attached hydrogens (tertiary/aromatic N) is 2. The number of carboxylic acids is 1. The Bertz CT molecular complexity index is 1800. The second-order valence-corrected chi connectivity index (χ2v) is 14.1.